The van der Waals surface area contributed by atoms with Crippen molar-refractivity contribution in [3.05, 3.63) is 39.5 Å². The Morgan fingerprint density at radius 2 is 1.68 bits per heavy atom. The summed E-state index contributed by atoms with van der Waals surface area (Å²) in [5, 5.41) is 11.3. The molecule has 0 heterocycles. The number of hydrogen-bond acceptors (Lipinski definition) is 6. The molecule has 0 fully saturated rings. The van der Waals surface area contributed by atoms with Gasteiger partial charge in [-0.1, -0.05) is 23.2 Å². The van der Waals surface area contributed by atoms with Gasteiger partial charge in [0.25, 0.3) is 0 Å². The fraction of sp³-hybridized carbons (Fsp3) is 0.154. The molecule has 0 aliphatic heterocycles. The molecule has 1 aromatic carbocycles. The van der Waals surface area contributed by atoms with Gasteiger partial charge in [-0.2, -0.15) is 0 Å². The highest BCUT2D eigenvalue weighted by Crippen LogP contribution is 2.33. The highest BCUT2D eigenvalue weighted by atomic mass is 35.5. The largest absolute Gasteiger partial charge is 0.478 e. The second-order valence-electron chi connectivity index (χ2n) is 3.82. The van der Waals surface area contributed by atoms with Crippen molar-refractivity contribution in [1.29, 1.82) is 0 Å². The topological polar surface area (TPSA) is 102 Å². The second-order valence-corrected chi connectivity index (χ2v) is 4.63. The maximum Gasteiger partial charge on any atom is 0.354 e. The van der Waals surface area contributed by atoms with Crippen molar-refractivity contribution >= 4 is 46.8 Å². The first kappa shape index (κ1) is 17.8. The lowest BCUT2D eigenvalue weighted by atomic mass is 10.2. The Kier molecular flexibility index (Phi) is 6.21. The van der Waals surface area contributed by atoms with Crippen LogP contribution in [0.5, 0.6) is 0 Å². The highest BCUT2D eigenvalue weighted by molar-refractivity contribution is 6.39. The predicted molar refractivity (Wildman–Crippen MR) is 79.2 cm³/mol. The van der Waals surface area contributed by atoms with Crippen molar-refractivity contribution in [2.45, 2.75) is 0 Å². The zero-order valence-electron chi connectivity index (χ0n) is 11.5. The van der Waals surface area contributed by atoms with E-state index in [-0.39, 0.29) is 27.0 Å². The van der Waals surface area contributed by atoms with Crippen LogP contribution in [0.4, 0.5) is 5.69 Å². The summed E-state index contributed by atoms with van der Waals surface area (Å²) in [4.78, 5) is 33.8. The summed E-state index contributed by atoms with van der Waals surface area (Å²) in [6.07, 6.45) is 0.851. The summed E-state index contributed by atoms with van der Waals surface area (Å²) in [5.74, 6) is -2.88. The average molecular weight is 348 g/mol. The molecular formula is C13H11Cl2NO6. The molecule has 0 aliphatic carbocycles. The predicted octanol–water partition coefficient (Wildman–Crippen LogP) is 2.33. The SMILES string of the molecule is COC(=O)/C=C(/Nc1c(Cl)cc(C(=O)O)cc1Cl)C(=O)OC. The van der Waals surface area contributed by atoms with E-state index in [1.54, 1.807) is 0 Å². The van der Waals surface area contributed by atoms with E-state index in [0.717, 1.165) is 32.4 Å². The summed E-state index contributed by atoms with van der Waals surface area (Å²) in [5.41, 5.74) is -0.354. The Morgan fingerprint density at radius 3 is 2.09 bits per heavy atom. The molecule has 9 heteroatoms. The number of carbonyl (C=O) groups is 3. The lowest BCUT2D eigenvalue weighted by molar-refractivity contribution is -0.138. The van der Waals surface area contributed by atoms with Crippen LogP contribution in [0.25, 0.3) is 0 Å². The lowest BCUT2D eigenvalue weighted by Crippen LogP contribution is -2.16. The third kappa shape index (κ3) is 4.37. The van der Waals surface area contributed by atoms with Crippen LogP contribution in [-0.2, 0) is 19.1 Å². The van der Waals surface area contributed by atoms with Gasteiger partial charge in [-0.25, -0.2) is 14.4 Å². The number of carboxylic acid groups (broad SMARTS) is 1. The number of methoxy groups -OCH3 is 2. The first-order chi connectivity index (χ1) is 10.3. The number of esters is 2. The molecule has 0 saturated heterocycles. The molecule has 0 unspecified atom stereocenters. The van der Waals surface area contributed by atoms with Crippen LogP contribution in [0.1, 0.15) is 10.4 Å². The van der Waals surface area contributed by atoms with E-state index >= 15 is 0 Å². The molecule has 0 saturated carbocycles. The molecule has 118 valence electrons. The molecule has 0 radical (unpaired) electrons. The van der Waals surface area contributed by atoms with Crippen molar-refractivity contribution in [3.63, 3.8) is 0 Å². The molecule has 0 atom stereocenters. The normalized spacial score (nSPS) is 10.8. The molecule has 1 rings (SSSR count). The average Bonchev–Trinajstić information content (AvgIpc) is 2.48. The fourth-order valence-corrected chi connectivity index (χ4v) is 1.97. The summed E-state index contributed by atoms with van der Waals surface area (Å²) in [6, 6.07) is 2.29. The van der Waals surface area contributed by atoms with Crippen LogP contribution in [0.15, 0.2) is 23.9 Å². The van der Waals surface area contributed by atoms with Crippen molar-refractivity contribution in [2.75, 3.05) is 19.5 Å². The second kappa shape index (κ2) is 7.67. The van der Waals surface area contributed by atoms with Gasteiger partial charge < -0.3 is 19.9 Å². The molecule has 0 bridgehead atoms. The molecule has 0 spiro atoms. The third-order valence-corrected chi connectivity index (χ3v) is 3.01. The Bertz CT molecular complexity index is 633. The molecule has 1 aromatic rings. The number of carbonyl (C=O) groups excluding carboxylic acids is 2. The standard InChI is InChI=1S/C13H11Cl2NO6/c1-21-10(17)5-9(13(20)22-2)16-11-7(14)3-6(12(18)19)4-8(11)15/h3-5,16H,1-2H3,(H,18,19)/b9-5+. The maximum atomic E-state index is 11.6. The van der Waals surface area contributed by atoms with Gasteiger partial charge in [0.15, 0.2) is 0 Å². The van der Waals surface area contributed by atoms with Gasteiger partial charge in [-0.05, 0) is 12.1 Å². The minimum absolute atomic E-state index is 0.0499. The minimum atomic E-state index is -1.21. The van der Waals surface area contributed by atoms with Crippen molar-refractivity contribution in [2.24, 2.45) is 0 Å². The lowest BCUT2D eigenvalue weighted by Gasteiger charge is -2.13. The number of aromatic carboxylic acids is 1. The van der Waals surface area contributed by atoms with Crippen LogP contribution in [0, 0.1) is 0 Å². The Labute approximate surface area is 135 Å². The van der Waals surface area contributed by atoms with Crippen molar-refractivity contribution in [3.8, 4) is 0 Å². The summed E-state index contributed by atoms with van der Waals surface area (Å²) in [6.45, 7) is 0. The Balaban J connectivity index is 3.24. The smallest absolute Gasteiger partial charge is 0.354 e. The van der Waals surface area contributed by atoms with Crippen LogP contribution >= 0.6 is 23.2 Å². The maximum absolute atomic E-state index is 11.6. The highest BCUT2D eigenvalue weighted by Gasteiger charge is 2.18. The molecule has 0 amide bonds. The van der Waals surface area contributed by atoms with Crippen molar-refractivity contribution in [1.82, 2.24) is 0 Å². The minimum Gasteiger partial charge on any atom is -0.478 e. The van der Waals surface area contributed by atoms with Gasteiger partial charge in [0, 0.05) is 0 Å². The van der Waals surface area contributed by atoms with Gasteiger partial charge in [0.2, 0.25) is 0 Å². The Hall–Kier alpha value is -2.25. The number of nitrogens with one attached hydrogen (secondary N) is 1. The number of benzene rings is 1. The zero-order chi connectivity index (χ0) is 16.9. The summed E-state index contributed by atoms with van der Waals surface area (Å²) in [7, 11) is 2.25. The van der Waals surface area contributed by atoms with Crippen LogP contribution < -0.4 is 5.32 Å². The number of carboxylic acids is 1. The van der Waals surface area contributed by atoms with Gasteiger partial charge in [0.05, 0.1) is 41.6 Å². The van der Waals surface area contributed by atoms with Gasteiger partial charge in [-0.3, -0.25) is 0 Å². The summed E-state index contributed by atoms with van der Waals surface area (Å²) < 4.78 is 8.93. The number of anilines is 1. The van der Waals surface area contributed by atoms with E-state index < -0.39 is 17.9 Å². The van der Waals surface area contributed by atoms with Crippen LogP contribution in [-0.4, -0.2) is 37.2 Å². The van der Waals surface area contributed by atoms with Gasteiger partial charge in [-0.15, -0.1) is 0 Å². The number of rotatable bonds is 5. The van der Waals surface area contributed by atoms with E-state index in [9.17, 15) is 14.4 Å². The van der Waals surface area contributed by atoms with Crippen LogP contribution in [0.2, 0.25) is 10.0 Å². The first-order valence-electron chi connectivity index (χ1n) is 5.67. The molecule has 7 nitrogen and oxygen atoms in total. The number of hydrogen-bond donors (Lipinski definition) is 2. The van der Waals surface area contributed by atoms with Gasteiger partial charge in [0.1, 0.15) is 5.70 Å². The van der Waals surface area contributed by atoms with Crippen LogP contribution in [0.3, 0.4) is 0 Å². The number of halogens is 2. The fourth-order valence-electron chi connectivity index (χ4n) is 1.38. The van der Waals surface area contributed by atoms with Crippen molar-refractivity contribution < 1.29 is 29.0 Å². The molecule has 0 aromatic heterocycles. The summed E-state index contributed by atoms with van der Waals surface area (Å²) >= 11 is 11.9. The molecular weight excluding hydrogens is 337 g/mol. The van der Waals surface area contributed by atoms with E-state index in [0.29, 0.717) is 0 Å². The monoisotopic (exact) mass is 347 g/mol. The van der Waals surface area contributed by atoms with E-state index in [4.69, 9.17) is 28.3 Å². The van der Waals surface area contributed by atoms with E-state index in [1.807, 2.05) is 0 Å². The third-order valence-electron chi connectivity index (χ3n) is 2.42. The quantitative estimate of drug-likeness (QED) is 0.622. The van der Waals surface area contributed by atoms with Gasteiger partial charge >= 0.3 is 17.9 Å². The molecule has 22 heavy (non-hydrogen) atoms. The molecule has 0 aliphatic rings. The van der Waals surface area contributed by atoms with E-state index in [1.165, 1.54) is 0 Å². The Morgan fingerprint density at radius 1 is 1.14 bits per heavy atom. The first-order valence-corrected chi connectivity index (χ1v) is 6.43. The number of ether oxygens (including phenoxy) is 2. The zero-order valence-corrected chi connectivity index (χ0v) is 13.0. The van der Waals surface area contributed by atoms with E-state index in [2.05, 4.69) is 14.8 Å². The molecule has 2 N–H and O–H groups in total.